The third-order valence-electron chi connectivity index (χ3n) is 4.45. The van der Waals surface area contributed by atoms with E-state index in [1.807, 2.05) is 0 Å². The van der Waals surface area contributed by atoms with Crippen molar-refractivity contribution in [2.24, 2.45) is 5.92 Å². The van der Waals surface area contributed by atoms with Gasteiger partial charge < -0.3 is 10.1 Å². The molecule has 0 heterocycles. The van der Waals surface area contributed by atoms with E-state index in [9.17, 15) is 0 Å². The predicted octanol–water partition coefficient (Wildman–Crippen LogP) is 4.49. The quantitative estimate of drug-likeness (QED) is 0.761. The fourth-order valence-electron chi connectivity index (χ4n) is 3.31. The van der Waals surface area contributed by atoms with Crippen LogP contribution in [0.15, 0.2) is 24.3 Å². The summed E-state index contributed by atoms with van der Waals surface area (Å²) in [5, 5.41) is 3.71. The molecule has 21 heavy (non-hydrogen) atoms. The highest BCUT2D eigenvalue weighted by molar-refractivity contribution is 5.33. The fraction of sp³-hybridized carbons (Fsp3) is 0.684. The molecule has 0 bridgehead atoms. The van der Waals surface area contributed by atoms with E-state index in [0.717, 1.165) is 32.4 Å². The first kappa shape index (κ1) is 16.5. The molecule has 118 valence electrons. The Hall–Kier alpha value is -0.860. The van der Waals surface area contributed by atoms with E-state index in [1.54, 1.807) is 0 Å². The summed E-state index contributed by atoms with van der Waals surface area (Å²) in [4.78, 5) is 0. The van der Waals surface area contributed by atoms with E-state index in [-0.39, 0.29) is 0 Å². The van der Waals surface area contributed by atoms with Gasteiger partial charge in [-0.2, -0.15) is 0 Å². The van der Waals surface area contributed by atoms with Crippen molar-refractivity contribution in [3.8, 4) is 0 Å². The molecule has 0 fully saturated rings. The molecular formula is C19H31NO. The second-order valence-corrected chi connectivity index (χ2v) is 6.43. The van der Waals surface area contributed by atoms with Gasteiger partial charge >= 0.3 is 0 Å². The highest BCUT2D eigenvalue weighted by atomic mass is 16.5. The van der Waals surface area contributed by atoms with Crippen molar-refractivity contribution >= 4 is 0 Å². The lowest BCUT2D eigenvalue weighted by atomic mass is 9.85. The fourth-order valence-corrected chi connectivity index (χ4v) is 3.31. The van der Waals surface area contributed by atoms with Gasteiger partial charge in [0.25, 0.3) is 0 Å². The number of hydrogen-bond donors (Lipinski definition) is 1. The average molecular weight is 289 g/mol. The van der Waals surface area contributed by atoms with Gasteiger partial charge in [0.05, 0.1) is 12.1 Å². The maximum absolute atomic E-state index is 6.30. The van der Waals surface area contributed by atoms with Gasteiger partial charge in [0.15, 0.2) is 0 Å². The van der Waals surface area contributed by atoms with Crippen LogP contribution in [-0.2, 0) is 11.2 Å². The second-order valence-electron chi connectivity index (χ2n) is 6.43. The van der Waals surface area contributed by atoms with Crippen LogP contribution < -0.4 is 5.32 Å². The van der Waals surface area contributed by atoms with Gasteiger partial charge in [-0.1, -0.05) is 51.5 Å². The van der Waals surface area contributed by atoms with Gasteiger partial charge in [0, 0.05) is 6.61 Å². The first-order valence-corrected chi connectivity index (χ1v) is 8.69. The molecule has 0 aliphatic heterocycles. The maximum Gasteiger partial charge on any atom is 0.0773 e. The summed E-state index contributed by atoms with van der Waals surface area (Å²) >= 11 is 0. The van der Waals surface area contributed by atoms with E-state index in [2.05, 4.69) is 50.4 Å². The number of ether oxygens (including phenoxy) is 1. The first-order valence-electron chi connectivity index (χ1n) is 8.69. The lowest BCUT2D eigenvalue weighted by molar-refractivity contribution is -0.00210. The Morgan fingerprint density at radius 1 is 1.24 bits per heavy atom. The number of rotatable bonds is 8. The monoisotopic (exact) mass is 289 g/mol. The molecule has 0 spiro atoms. The Morgan fingerprint density at radius 2 is 2.05 bits per heavy atom. The first-order chi connectivity index (χ1) is 10.3. The van der Waals surface area contributed by atoms with Gasteiger partial charge in [-0.3, -0.25) is 0 Å². The van der Waals surface area contributed by atoms with Crippen molar-refractivity contribution in [3.63, 3.8) is 0 Å². The molecule has 0 aromatic heterocycles. The van der Waals surface area contributed by atoms with E-state index in [1.165, 1.54) is 24.0 Å². The van der Waals surface area contributed by atoms with Gasteiger partial charge in [0.1, 0.15) is 0 Å². The number of aryl methyl sites for hydroxylation is 1. The van der Waals surface area contributed by atoms with Gasteiger partial charge in [-0.05, 0) is 49.3 Å². The van der Waals surface area contributed by atoms with Crippen LogP contribution in [0.25, 0.3) is 0 Å². The van der Waals surface area contributed by atoms with Crippen LogP contribution in [0.2, 0.25) is 0 Å². The Balaban J connectivity index is 2.02. The van der Waals surface area contributed by atoms with Crippen LogP contribution in [0.4, 0.5) is 0 Å². The summed E-state index contributed by atoms with van der Waals surface area (Å²) in [6.07, 6.45) is 6.28. The summed E-state index contributed by atoms with van der Waals surface area (Å²) in [6.45, 7) is 8.73. The molecule has 2 rings (SSSR count). The number of fused-ring (bicyclic) bond motifs is 1. The SMILES string of the molecule is CCCNC1c2ccccc2CCC1OCC(C)CCC. The normalized spacial score (nSPS) is 22.8. The minimum Gasteiger partial charge on any atom is -0.376 e. The van der Waals surface area contributed by atoms with Crippen molar-refractivity contribution in [2.75, 3.05) is 13.2 Å². The third kappa shape index (κ3) is 4.55. The molecule has 3 atom stereocenters. The summed E-state index contributed by atoms with van der Waals surface area (Å²) in [7, 11) is 0. The van der Waals surface area contributed by atoms with E-state index >= 15 is 0 Å². The number of nitrogens with one attached hydrogen (secondary N) is 1. The van der Waals surface area contributed by atoms with Crippen LogP contribution in [0.1, 0.15) is 63.6 Å². The zero-order chi connectivity index (χ0) is 15.1. The molecule has 1 aromatic carbocycles. The van der Waals surface area contributed by atoms with E-state index in [0.29, 0.717) is 18.1 Å². The zero-order valence-corrected chi connectivity index (χ0v) is 13.9. The maximum atomic E-state index is 6.30. The Morgan fingerprint density at radius 3 is 2.81 bits per heavy atom. The summed E-state index contributed by atoms with van der Waals surface area (Å²) < 4.78 is 6.30. The molecule has 0 saturated heterocycles. The molecule has 1 N–H and O–H groups in total. The molecule has 1 aliphatic rings. The molecule has 0 radical (unpaired) electrons. The van der Waals surface area contributed by atoms with Gasteiger partial charge in [0.2, 0.25) is 0 Å². The Labute approximate surface area is 130 Å². The Bertz CT molecular complexity index is 418. The predicted molar refractivity (Wildman–Crippen MR) is 89.6 cm³/mol. The van der Waals surface area contributed by atoms with Crippen molar-refractivity contribution in [1.29, 1.82) is 0 Å². The van der Waals surface area contributed by atoms with E-state index in [4.69, 9.17) is 4.74 Å². The average Bonchev–Trinajstić information content (AvgIpc) is 2.51. The molecule has 3 unspecified atom stereocenters. The molecule has 0 amide bonds. The summed E-state index contributed by atoms with van der Waals surface area (Å²) in [5.74, 6) is 0.666. The summed E-state index contributed by atoms with van der Waals surface area (Å²) in [6, 6.07) is 9.21. The molecule has 1 aliphatic carbocycles. The minimum absolute atomic E-state index is 0.325. The van der Waals surface area contributed by atoms with Gasteiger partial charge in [-0.25, -0.2) is 0 Å². The largest absolute Gasteiger partial charge is 0.376 e. The molecule has 1 aromatic rings. The van der Waals surface area contributed by atoms with Crippen LogP contribution >= 0.6 is 0 Å². The van der Waals surface area contributed by atoms with Gasteiger partial charge in [-0.15, -0.1) is 0 Å². The summed E-state index contributed by atoms with van der Waals surface area (Å²) in [5.41, 5.74) is 2.94. The van der Waals surface area contributed by atoms with Crippen LogP contribution in [0.5, 0.6) is 0 Å². The second kappa shape index (κ2) is 8.55. The number of hydrogen-bond acceptors (Lipinski definition) is 2. The third-order valence-corrected chi connectivity index (χ3v) is 4.45. The van der Waals surface area contributed by atoms with Crippen LogP contribution in [0.3, 0.4) is 0 Å². The molecular weight excluding hydrogens is 258 g/mol. The topological polar surface area (TPSA) is 21.3 Å². The molecule has 2 heteroatoms. The molecule has 0 saturated carbocycles. The van der Waals surface area contributed by atoms with Crippen molar-refractivity contribution in [1.82, 2.24) is 5.32 Å². The zero-order valence-electron chi connectivity index (χ0n) is 13.9. The van der Waals surface area contributed by atoms with E-state index < -0.39 is 0 Å². The number of benzene rings is 1. The van der Waals surface area contributed by atoms with Crippen LogP contribution in [-0.4, -0.2) is 19.3 Å². The highest BCUT2D eigenvalue weighted by Gasteiger charge is 2.29. The van der Waals surface area contributed by atoms with Crippen molar-refractivity contribution in [3.05, 3.63) is 35.4 Å². The standard InChI is InChI=1S/C19H31NO/c1-4-8-15(3)14-21-18-12-11-16-9-6-7-10-17(16)19(18)20-13-5-2/h6-7,9-10,15,18-20H,4-5,8,11-14H2,1-3H3. The molecule has 2 nitrogen and oxygen atoms in total. The van der Waals surface area contributed by atoms with Crippen molar-refractivity contribution < 1.29 is 4.74 Å². The van der Waals surface area contributed by atoms with Crippen LogP contribution in [0, 0.1) is 5.92 Å². The minimum atomic E-state index is 0.325. The lowest BCUT2D eigenvalue weighted by Gasteiger charge is -2.35. The Kier molecular flexibility index (Phi) is 6.72. The van der Waals surface area contributed by atoms with Crippen molar-refractivity contribution in [2.45, 2.75) is 65.0 Å². The highest BCUT2D eigenvalue weighted by Crippen LogP contribution is 2.32. The lowest BCUT2D eigenvalue weighted by Crippen LogP contribution is -2.38. The smallest absolute Gasteiger partial charge is 0.0773 e.